The van der Waals surface area contributed by atoms with Gasteiger partial charge in [0.15, 0.2) is 0 Å². The number of halogens is 1. The third-order valence-corrected chi connectivity index (χ3v) is 5.26. The molecule has 2 aromatic carbocycles. The van der Waals surface area contributed by atoms with Crippen LogP contribution in [0.4, 0.5) is 5.69 Å². The molecule has 3 heterocycles. The van der Waals surface area contributed by atoms with E-state index in [9.17, 15) is 4.79 Å². The van der Waals surface area contributed by atoms with Crippen LogP contribution in [0.5, 0.6) is 0 Å². The van der Waals surface area contributed by atoms with E-state index in [0.717, 1.165) is 28.1 Å². The normalized spacial score (nSPS) is 15.9. The number of benzene rings is 2. The molecular weight excluding hydrogens is 374 g/mol. The lowest BCUT2D eigenvalue weighted by Gasteiger charge is -2.24. The smallest absolute Gasteiger partial charge is 0.277 e. The maximum Gasteiger partial charge on any atom is 0.277 e. The van der Waals surface area contributed by atoms with Gasteiger partial charge in [-0.15, -0.1) is 0 Å². The van der Waals surface area contributed by atoms with Gasteiger partial charge in [0.05, 0.1) is 12.0 Å². The van der Waals surface area contributed by atoms with Crippen molar-refractivity contribution in [2.75, 3.05) is 4.90 Å². The first-order valence-electron chi connectivity index (χ1n) is 8.91. The molecule has 0 saturated heterocycles. The fourth-order valence-electron chi connectivity index (χ4n) is 3.66. The number of aryl methyl sites for hydroxylation is 1. The van der Waals surface area contributed by atoms with Crippen LogP contribution in [-0.2, 0) is 0 Å². The van der Waals surface area contributed by atoms with Crippen molar-refractivity contribution in [3.05, 3.63) is 94.5 Å². The lowest BCUT2D eigenvalue weighted by atomic mass is 10.00. The summed E-state index contributed by atoms with van der Waals surface area (Å²) in [4.78, 5) is 15.0. The monoisotopic (exact) mass is 389 g/mol. The van der Waals surface area contributed by atoms with E-state index in [4.69, 9.17) is 16.0 Å². The van der Waals surface area contributed by atoms with Crippen LogP contribution in [0.2, 0.25) is 5.02 Å². The number of aromatic nitrogens is 2. The summed E-state index contributed by atoms with van der Waals surface area (Å²) in [6.07, 6.45) is 1.62. The lowest BCUT2D eigenvalue weighted by Crippen LogP contribution is -2.29. The SMILES string of the molecule is Cc1ccc(N2C(=O)c3[nH]nc(-c4ccc(Cl)cc4)c3C2c2ccco2)cc1. The van der Waals surface area contributed by atoms with Crippen molar-refractivity contribution in [3.63, 3.8) is 0 Å². The molecule has 6 heteroatoms. The quantitative estimate of drug-likeness (QED) is 0.511. The Morgan fingerprint density at radius 3 is 2.50 bits per heavy atom. The van der Waals surface area contributed by atoms with Crippen molar-refractivity contribution < 1.29 is 9.21 Å². The number of anilines is 1. The molecule has 0 radical (unpaired) electrons. The van der Waals surface area contributed by atoms with E-state index in [1.807, 2.05) is 67.6 Å². The van der Waals surface area contributed by atoms with Gasteiger partial charge >= 0.3 is 0 Å². The van der Waals surface area contributed by atoms with Gasteiger partial charge in [0.2, 0.25) is 0 Å². The van der Waals surface area contributed by atoms with E-state index < -0.39 is 6.04 Å². The number of carbonyl (C=O) groups is 1. The van der Waals surface area contributed by atoms with Crippen LogP contribution >= 0.6 is 11.6 Å². The van der Waals surface area contributed by atoms with Gasteiger partial charge in [-0.1, -0.05) is 41.4 Å². The Morgan fingerprint density at radius 1 is 1.07 bits per heavy atom. The number of rotatable bonds is 3. The molecule has 2 aromatic heterocycles. The Labute approximate surface area is 166 Å². The highest BCUT2D eigenvalue weighted by atomic mass is 35.5. The maximum absolute atomic E-state index is 13.3. The summed E-state index contributed by atoms with van der Waals surface area (Å²) < 4.78 is 5.72. The second kappa shape index (κ2) is 6.39. The minimum absolute atomic E-state index is 0.132. The Bertz CT molecular complexity index is 1150. The molecule has 1 aliphatic heterocycles. The predicted molar refractivity (Wildman–Crippen MR) is 108 cm³/mol. The van der Waals surface area contributed by atoms with Crippen LogP contribution in [0.25, 0.3) is 11.3 Å². The molecule has 5 nitrogen and oxygen atoms in total. The Balaban J connectivity index is 1.70. The average molecular weight is 390 g/mol. The fraction of sp³-hybridized carbons (Fsp3) is 0.0909. The minimum Gasteiger partial charge on any atom is -0.467 e. The summed E-state index contributed by atoms with van der Waals surface area (Å²) in [7, 11) is 0. The van der Waals surface area contributed by atoms with Gasteiger partial charge in [-0.2, -0.15) is 5.10 Å². The number of aromatic amines is 1. The molecule has 0 spiro atoms. The molecular formula is C22H16ClN3O2. The van der Waals surface area contributed by atoms with Crippen LogP contribution in [0.1, 0.15) is 33.4 Å². The number of hydrogen-bond acceptors (Lipinski definition) is 3. The van der Waals surface area contributed by atoms with E-state index in [-0.39, 0.29) is 5.91 Å². The van der Waals surface area contributed by atoms with Crippen LogP contribution in [0.3, 0.4) is 0 Å². The van der Waals surface area contributed by atoms with E-state index >= 15 is 0 Å². The third-order valence-electron chi connectivity index (χ3n) is 5.01. The number of carbonyl (C=O) groups excluding carboxylic acids is 1. The highest BCUT2D eigenvalue weighted by Gasteiger charge is 2.44. The average Bonchev–Trinajstić information content (AvgIpc) is 3.42. The molecule has 0 aliphatic carbocycles. The van der Waals surface area contributed by atoms with Gasteiger partial charge in [-0.3, -0.25) is 14.8 Å². The second-order valence-corrected chi connectivity index (χ2v) is 7.23. The standard InChI is InChI=1S/C22H16ClN3O2/c1-13-4-10-16(11-5-13)26-21(17-3-2-12-28-17)18-19(24-25-20(18)22(26)27)14-6-8-15(23)9-7-14/h2-12,21H,1H3,(H,24,25). The van der Waals surface area contributed by atoms with Crippen LogP contribution < -0.4 is 4.90 Å². The molecule has 1 aliphatic rings. The number of nitrogens with one attached hydrogen (secondary N) is 1. The number of nitrogens with zero attached hydrogens (tertiary/aromatic N) is 2. The van der Waals surface area contributed by atoms with Crippen molar-refractivity contribution in [3.8, 4) is 11.3 Å². The molecule has 1 atom stereocenters. The van der Waals surface area contributed by atoms with E-state index in [0.29, 0.717) is 16.5 Å². The zero-order chi connectivity index (χ0) is 19.3. The number of amides is 1. The van der Waals surface area contributed by atoms with E-state index in [1.165, 1.54) is 0 Å². The summed E-state index contributed by atoms with van der Waals surface area (Å²) in [6.45, 7) is 2.02. The zero-order valence-electron chi connectivity index (χ0n) is 15.0. The van der Waals surface area contributed by atoms with Crippen molar-refractivity contribution in [2.24, 2.45) is 0 Å². The minimum atomic E-state index is -0.398. The van der Waals surface area contributed by atoms with E-state index in [1.54, 1.807) is 11.2 Å². The molecule has 0 bridgehead atoms. The highest BCUT2D eigenvalue weighted by molar-refractivity contribution is 6.30. The number of H-pyrrole nitrogens is 1. The van der Waals surface area contributed by atoms with Crippen molar-refractivity contribution in [2.45, 2.75) is 13.0 Å². The molecule has 4 aromatic rings. The fourth-order valence-corrected chi connectivity index (χ4v) is 3.79. The number of hydrogen-bond donors (Lipinski definition) is 1. The van der Waals surface area contributed by atoms with Gasteiger partial charge < -0.3 is 4.42 Å². The summed E-state index contributed by atoms with van der Waals surface area (Å²) in [6, 6.07) is 18.6. The first-order valence-corrected chi connectivity index (χ1v) is 9.29. The largest absolute Gasteiger partial charge is 0.467 e. The summed E-state index contributed by atoms with van der Waals surface area (Å²) >= 11 is 6.03. The number of furan rings is 1. The van der Waals surface area contributed by atoms with Crippen LogP contribution in [-0.4, -0.2) is 16.1 Å². The Kier molecular flexibility index (Phi) is 3.84. The van der Waals surface area contributed by atoms with Crippen LogP contribution in [0.15, 0.2) is 71.3 Å². The zero-order valence-corrected chi connectivity index (χ0v) is 15.8. The van der Waals surface area contributed by atoms with Gasteiger partial charge in [0.1, 0.15) is 17.5 Å². The topological polar surface area (TPSA) is 62.1 Å². The highest BCUT2D eigenvalue weighted by Crippen LogP contribution is 2.45. The lowest BCUT2D eigenvalue weighted by molar-refractivity contribution is 0.0987. The molecule has 0 saturated carbocycles. The van der Waals surface area contributed by atoms with Crippen molar-refractivity contribution in [1.29, 1.82) is 0 Å². The summed E-state index contributed by atoms with van der Waals surface area (Å²) in [5.41, 5.74) is 4.83. The Hall–Kier alpha value is -3.31. The van der Waals surface area contributed by atoms with Crippen LogP contribution in [0, 0.1) is 6.92 Å². The molecule has 1 amide bonds. The molecule has 0 fully saturated rings. The third kappa shape index (κ3) is 2.55. The Morgan fingerprint density at radius 2 is 1.82 bits per heavy atom. The molecule has 138 valence electrons. The first kappa shape index (κ1) is 16.8. The first-order chi connectivity index (χ1) is 13.6. The van der Waals surface area contributed by atoms with E-state index in [2.05, 4.69) is 10.2 Å². The molecule has 28 heavy (non-hydrogen) atoms. The maximum atomic E-state index is 13.3. The second-order valence-electron chi connectivity index (χ2n) is 6.80. The van der Waals surface area contributed by atoms with Gasteiger partial charge in [-0.25, -0.2) is 0 Å². The molecule has 1 unspecified atom stereocenters. The molecule has 1 N–H and O–H groups in total. The number of fused-ring (bicyclic) bond motifs is 1. The van der Waals surface area contributed by atoms with Gasteiger partial charge in [0.25, 0.3) is 5.91 Å². The summed E-state index contributed by atoms with van der Waals surface area (Å²) in [5.74, 6) is 0.553. The van der Waals surface area contributed by atoms with Crippen molar-refractivity contribution >= 4 is 23.2 Å². The van der Waals surface area contributed by atoms with Crippen molar-refractivity contribution in [1.82, 2.24) is 10.2 Å². The predicted octanol–water partition coefficient (Wildman–Crippen LogP) is 5.38. The summed E-state index contributed by atoms with van der Waals surface area (Å²) in [5, 5.41) is 8.02. The van der Waals surface area contributed by atoms with Gasteiger partial charge in [0, 0.05) is 21.8 Å². The van der Waals surface area contributed by atoms with Gasteiger partial charge in [-0.05, 0) is 43.3 Å². The molecule has 5 rings (SSSR count).